The Hall–Kier alpha value is -2.12. The Kier molecular flexibility index (Phi) is 4.78. The number of benzene rings is 2. The molecule has 0 saturated carbocycles. The highest BCUT2D eigenvalue weighted by molar-refractivity contribution is 5.40. The first-order chi connectivity index (χ1) is 10.9. The van der Waals surface area contributed by atoms with Gasteiger partial charge in [-0.1, -0.05) is 60.7 Å². The summed E-state index contributed by atoms with van der Waals surface area (Å²) >= 11 is 0. The Balaban J connectivity index is 0.00000156. The van der Waals surface area contributed by atoms with Gasteiger partial charge in [-0.2, -0.15) is 0 Å². The van der Waals surface area contributed by atoms with Gasteiger partial charge in [0.05, 0.1) is 0 Å². The minimum Gasteiger partial charge on any atom is -1.00 e. The first-order valence-electron chi connectivity index (χ1n) is 8.00. The fourth-order valence-electron chi connectivity index (χ4n) is 3.73. The maximum atomic E-state index is 3.27. The molecule has 0 fully saturated rings. The molecule has 0 unspecified atom stereocenters. The minimum absolute atomic E-state index is 0. The number of H-pyrrole nitrogens is 1. The largest absolute Gasteiger partial charge is 1.00 e. The van der Waals surface area contributed by atoms with Gasteiger partial charge in [-0.25, -0.2) is 4.98 Å². The number of aromatic nitrogens is 1. The number of aromatic amines is 1. The number of hydrogen-bond donors (Lipinski definition) is 0. The fraction of sp³-hybridized carbons (Fsp3) is 0.190. The van der Waals surface area contributed by atoms with E-state index in [4.69, 9.17) is 0 Å². The van der Waals surface area contributed by atoms with E-state index >= 15 is 0 Å². The number of hydrogen-bond acceptors (Lipinski definition) is 0. The Bertz CT molecular complexity index is 755. The van der Waals surface area contributed by atoms with Gasteiger partial charge in [0, 0.05) is 17.5 Å². The van der Waals surface area contributed by atoms with Crippen molar-refractivity contribution in [2.24, 2.45) is 0 Å². The maximum absolute atomic E-state index is 3.27. The molecule has 1 aromatic heterocycles. The topological polar surface area (TPSA) is 14.1 Å². The van der Waals surface area contributed by atoms with Crippen LogP contribution in [0, 0.1) is 0 Å². The lowest BCUT2D eigenvalue weighted by atomic mass is 9.72. The lowest BCUT2D eigenvalue weighted by molar-refractivity contribution is -0.379. The highest BCUT2D eigenvalue weighted by Gasteiger charge is 2.30. The van der Waals surface area contributed by atoms with Gasteiger partial charge in [0.25, 0.3) is 0 Å². The number of pyridine rings is 1. The molecule has 0 bridgehead atoms. The highest BCUT2D eigenvalue weighted by atomic mass is 35.5. The fourth-order valence-corrected chi connectivity index (χ4v) is 3.73. The molecule has 3 aromatic rings. The Morgan fingerprint density at radius 3 is 2.13 bits per heavy atom. The van der Waals surface area contributed by atoms with E-state index in [1.54, 1.807) is 0 Å². The third-order valence-electron chi connectivity index (χ3n) is 4.83. The summed E-state index contributed by atoms with van der Waals surface area (Å²) in [7, 11) is 0. The second kappa shape index (κ2) is 6.97. The van der Waals surface area contributed by atoms with Crippen LogP contribution in [0.5, 0.6) is 0 Å². The first-order valence-corrected chi connectivity index (χ1v) is 8.00. The van der Waals surface area contributed by atoms with Crippen LogP contribution in [-0.2, 0) is 6.42 Å². The molecule has 1 aliphatic rings. The molecule has 0 aliphatic heterocycles. The van der Waals surface area contributed by atoms with Crippen molar-refractivity contribution in [3.8, 4) is 0 Å². The van der Waals surface area contributed by atoms with Crippen molar-refractivity contribution >= 4 is 0 Å². The molecule has 2 aromatic carbocycles. The molecule has 2 atom stereocenters. The van der Waals surface area contributed by atoms with Gasteiger partial charge in [0.15, 0.2) is 12.4 Å². The Morgan fingerprint density at radius 1 is 0.783 bits per heavy atom. The quantitative estimate of drug-likeness (QED) is 0.677. The molecule has 0 radical (unpaired) electrons. The molecule has 0 amide bonds. The summed E-state index contributed by atoms with van der Waals surface area (Å²) in [4.78, 5) is 3.27. The SMILES string of the molecule is [Cl-].c1ccc([C@@H]2Cc3cc[nH+]cc3[C@@H](c3ccccc3)C2)cc1. The predicted octanol–water partition coefficient (Wildman–Crippen LogP) is 1.37. The molecule has 4 rings (SSSR count). The van der Waals surface area contributed by atoms with E-state index in [0.29, 0.717) is 11.8 Å². The zero-order valence-corrected chi connectivity index (χ0v) is 13.7. The predicted molar refractivity (Wildman–Crippen MR) is 88.8 cm³/mol. The summed E-state index contributed by atoms with van der Waals surface area (Å²) in [6, 6.07) is 24.1. The van der Waals surface area contributed by atoms with Crippen LogP contribution in [0.4, 0.5) is 0 Å². The Morgan fingerprint density at radius 2 is 1.43 bits per heavy atom. The molecule has 1 aliphatic carbocycles. The summed E-state index contributed by atoms with van der Waals surface area (Å²) in [5, 5.41) is 0. The van der Waals surface area contributed by atoms with Crippen LogP contribution in [0.25, 0.3) is 0 Å². The maximum Gasteiger partial charge on any atom is 0.171 e. The lowest BCUT2D eigenvalue weighted by Crippen LogP contribution is -3.00. The average Bonchev–Trinajstić information content (AvgIpc) is 2.62. The van der Waals surface area contributed by atoms with E-state index < -0.39 is 0 Å². The number of nitrogens with one attached hydrogen (secondary N) is 1. The van der Waals surface area contributed by atoms with Crippen molar-refractivity contribution < 1.29 is 17.4 Å². The summed E-state index contributed by atoms with van der Waals surface area (Å²) in [5.41, 5.74) is 5.82. The monoisotopic (exact) mass is 321 g/mol. The standard InChI is InChI=1S/C21H19N.ClH/c1-3-7-16(8-4-1)19-13-18-11-12-22-15-21(18)20(14-19)17-9-5-2-6-10-17;/h1-12,15,19-20H,13-14H2;1H/t19-,20-;/m1./s1. The van der Waals surface area contributed by atoms with E-state index in [0.717, 1.165) is 6.42 Å². The molecular weight excluding hydrogens is 302 g/mol. The second-order valence-corrected chi connectivity index (χ2v) is 6.14. The molecule has 0 spiro atoms. The summed E-state index contributed by atoms with van der Waals surface area (Å²) in [6.45, 7) is 0. The van der Waals surface area contributed by atoms with Crippen molar-refractivity contribution in [1.82, 2.24) is 0 Å². The molecule has 1 nitrogen and oxygen atoms in total. The zero-order chi connectivity index (χ0) is 14.8. The van der Waals surface area contributed by atoms with Crippen molar-refractivity contribution in [2.75, 3.05) is 0 Å². The molecule has 1 N–H and O–H groups in total. The van der Waals surface area contributed by atoms with Gasteiger partial charge in [-0.3, -0.25) is 0 Å². The third-order valence-corrected chi connectivity index (χ3v) is 4.83. The Labute approximate surface area is 143 Å². The van der Waals surface area contributed by atoms with Crippen LogP contribution in [-0.4, -0.2) is 0 Å². The first kappa shape index (κ1) is 15.8. The average molecular weight is 322 g/mol. The summed E-state index contributed by atoms with van der Waals surface area (Å²) in [5.74, 6) is 1.08. The van der Waals surface area contributed by atoms with Gasteiger partial charge in [0.2, 0.25) is 0 Å². The number of fused-ring (bicyclic) bond motifs is 1. The van der Waals surface area contributed by atoms with Crippen molar-refractivity contribution in [3.05, 3.63) is 101 Å². The number of rotatable bonds is 2. The van der Waals surface area contributed by atoms with E-state index in [-0.39, 0.29) is 12.4 Å². The van der Waals surface area contributed by atoms with Crippen LogP contribution in [0.1, 0.15) is 40.5 Å². The van der Waals surface area contributed by atoms with Crippen molar-refractivity contribution in [2.45, 2.75) is 24.7 Å². The van der Waals surface area contributed by atoms with E-state index in [2.05, 4.69) is 77.9 Å². The molecule has 116 valence electrons. The summed E-state index contributed by atoms with van der Waals surface area (Å²) in [6.07, 6.45) is 6.55. The van der Waals surface area contributed by atoms with Crippen LogP contribution >= 0.6 is 0 Å². The highest BCUT2D eigenvalue weighted by Crippen LogP contribution is 2.42. The summed E-state index contributed by atoms with van der Waals surface area (Å²) < 4.78 is 0. The van der Waals surface area contributed by atoms with Crippen LogP contribution < -0.4 is 17.4 Å². The van der Waals surface area contributed by atoms with Crippen LogP contribution in [0.2, 0.25) is 0 Å². The second-order valence-electron chi connectivity index (χ2n) is 6.14. The van der Waals surface area contributed by atoms with Gasteiger partial charge in [0.1, 0.15) is 0 Å². The van der Waals surface area contributed by atoms with Crippen LogP contribution in [0.3, 0.4) is 0 Å². The number of halogens is 1. The molecule has 2 heteroatoms. The molecule has 0 saturated heterocycles. The van der Waals surface area contributed by atoms with E-state index in [1.165, 1.54) is 28.7 Å². The van der Waals surface area contributed by atoms with Gasteiger partial charge < -0.3 is 12.4 Å². The normalized spacial score (nSPS) is 19.5. The van der Waals surface area contributed by atoms with E-state index in [1.807, 2.05) is 6.20 Å². The molecular formula is C21H20ClN. The van der Waals surface area contributed by atoms with Crippen molar-refractivity contribution in [1.29, 1.82) is 0 Å². The van der Waals surface area contributed by atoms with Crippen LogP contribution in [0.15, 0.2) is 79.1 Å². The van der Waals surface area contributed by atoms with Crippen molar-refractivity contribution in [3.63, 3.8) is 0 Å². The zero-order valence-electron chi connectivity index (χ0n) is 13.0. The van der Waals surface area contributed by atoms with Gasteiger partial charge in [-0.15, -0.1) is 0 Å². The molecule has 1 heterocycles. The minimum atomic E-state index is 0. The lowest BCUT2D eigenvalue weighted by Gasteiger charge is -2.31. The van der Waals surface area contributed by atoms with E-state index in [9.17, 15) is 0 Å². The smallest absolute Gasteiger partial charge is 0.171 e. The molecule has 23 heavy (non-hydrogen) atoms. The van der Waals surface area contributed by atoms with Gasteiger partial charge in [-0.05, 0) is 35.4 Å². The third kappa shape index (κ3) is 3.16. The van der Waals surface area contributed by atoms with Gasteiger partial charge >= 0.3 is 0 Å².